The number of rotatable bonds is 4. The molecule has 0 atom stereocenters. The Bertz CT molecular complexity index is 289. The highest BCUT2D eigenvalue weighted by Gasteiger charge is 2.16. The first-order valence-corrected chi connectivity index (χ1v) is 5.38. The van der Waals surface area contributed by atoms with Gasteiger partial charge in [0.15, 0.2) is 0 Å². The van der Waals surface area contributed by atoms with E-state index in [9.17, 15) is 0 Å². The van der Waals surface area contributed by atoms with Crippen molar-refractivity contribution < 1.29 is 0 Å². The van der Waals surface area contributed by atoms with Gasteiger partial charge in [0.1, 0.15) is 0 Å². The van der Waals surface area contributed by atoms with Crippen LogP contribution in [0.2, 0.25) is 0 Å². The molecular formula is C13H21N. The summed E-state index contributed by atoms with van der Waals surface area (Å²) in [7, 11) is 0. The van der Waals surface area contributed by atoms with Gasteiger partial charge in [-0.15, -0.1) is 0 Å². The van der Waals surface area contributed by atoms with Gasteiger partial charge in [-0.2, -0.15) is 0 Å². The molecule has 0 bridgehead atoms. The number of benzene rings is 1. The molecule has 0 saturated carbocycles. The number of nitrogen functional groups attached to an aromatic ring is 1. The average molecular weight is 191 g/mol. The second kappa shape index (κ2) is 4.50. The van der Waals surface area contributed by atoms with E-state index in [-0.39, 0.29) is 0 Å². The number of nitrogens with two attached hydrogens (primary N) is 1. The summed E-state index contributed by atoms with van der Waals surface area (Å²) < 4.78 is 0. The third-order valence-corrected chi connectivity index (χ3v) is 2.56. The molecule has 0 unspecified atom stereocenters. The molecule has 1 nitrogen and oxygen atoms in total. The maximum Gasteiger partial charge on any atom is 0.0316 e. The minimum Gasteiger partial charge on any atom is -0.399 e. The van der Waals surface area contributed by atoms with Crippen molar-refractivity contribution >= 4 is 5.69 Å². The largest absolute Gasteiger partial charge is 0.399 e. The molecule has 0 heterocycles. The van der Waals surface area contributed by atoms with Crippen molar-refractivity contribution in [1.29, 1.82) is 0 Å². The lowest BCUT2D eigenvalue weighted by Gasteiger charge is -2.24. The summed E-state index contributed by atoms with van der Waals surface area (Å²) in [6.07, 6.45) is 3.63. The number of anilines is 1. The maximum absolute atomic E-state index is 5.75. The first kappa shape index (κ1) is 11.1. The second-order valence-corrected chi connectivity index (χ2v) is 4.84. The number of hydrogen-bond acceptors (Lipinski definition) is 1. The van der Waals surface area contributed by atoms with Crippen LogP contribution < -0.4 is 5.73 Å². The lowest BCUT2D eigenvalue weighted by atomic mass is 9.82. The molecule has 0 aliphatic heterocycles. The predicted octanol–water partition coefficient (Wildman–Crippen LogP) is 3.64. The van der Waals surface area contributed by atoms with Crippen LogP contribution in [0.5, 0.6) is 0 Å². The van der Waals surface area contributed by atoms with Gasteiger partial charge in [0.25, 0.3) is 0 Å². The monoisotopic (exact) mass is 191 g/mol. The fourth-order valence-corrected chi connectivity index (χ4v) is 2.02. The van der Waals surface area contributed by atoms with Crippen molar-refractivity contribution in [2.45, 2.75) is 40.0 Å². The summed E-state index contributed by atoms with van der Waals surface area (Å²) >= 11 is 0. The van der Waals surface area contributed by atoms with Gasteiger partial charge in [-0.1, -0.05) is 39.3 Å². The Labute approximate surface area is 87.3 Å². The standard InChI is InChI=1S/C13H21N/c1-4-8-13(2,3)10-11-6-5-7-12(14)9-11/h5-7,9H,4,8,10,14H2,1-3H3. The van der Waals surface area contributed by atoms with Crippen molar-refractivity contribution in [2.75, 3.05) is 5.73 Å². The highest BCUT2D eigenvalue weighted by Crippen LogP contribution is 2.27. The molecule has 0 aromatic heterocycles. The number of hydrogen-bond donors (Lipinski definition) is 1. The fraction of sp³-hybridized carbons (Fsp3) is 0.538. The molecule has 14 heavy (non-hydrogen) atoms. The second-order valence-electron chi connectivity index (χ2n) is 4.84. The van der Waals surface area contributed by atoms with Gasteiger partial charge in [0, 0.05) is 5.69 Å². The topological polar surface area (TPSA) is 26.0 Å². The Balaban J connectivity index is 2.68. The van der Waals surface area contributed by atoms with Crippen LogP contribution in [0.4, 0.5) is 5.69 Å². The summed E-state index contributed by atoms with van der Waals surface area (Å²) in [4.78, 5) is 0. The molecule has 0 aliphatic rings. The van der Waals surface area contributed by atoms with E-state index < -0.39 is 0 Å². The van der Waals surface area contributed by atoms with Crippen LogP contribution in [-0.2, 0) is 6.42 Å². The van der Waals surface area contributed by atoms with Crippen molar-refractivity contribution in [2.24, 2.45) is 5.41 Å². The van der Waals surface area contributed by atoms with Crippen LogP contribution in [0, 0.1) is 5.41 Å². The van der Waals surface area contributed by atoms with Crippen LogP contribution in [0.15, 0.2) is 24.3 Å². The first-order chi connectivity index (χ1) is 6.53. The molecule has 1 aromatic carbocycles. The molecular weight excluding hydrogens is 170 g/mol. The van der Waals surface area contributed by atoms with Crippen LogP contribution in [0.3, 0.4) is 0 Å². The van der Waals surface area contributed by atoms with E-state index in [0.717, 1.165) is 12.1 Å². The summed E-state index contributed by atoms with van der Waals surface area (Å²) in [5.41, 5.74) is 8.36. The highest BCUT2D eigenvalue weighted by molar-refractivity contribution is 5.40. The summed E-state index contributed by atoms with van der Waals surface area (Å²) in [5, 5.41) is 0. The molecule has 0 fully saturated rings. The SMILES string of the molecule is CCCC(C)(C)Cc1cccc(N)c1. The minimum absolute atomic E-state index is 0.391. The molecule has 0 saturated heterocycles. The molecule has 1 rings (SSSR count). The third kappa shape index (κ3) is 3.41. The Morgan fingerprint density at radius 1 is 1.29 bits per heavy atom. The normalized spacial score (nSPS) is 11.6. The van der Waals surface area contributed by atoms with Gasteiger partial charge in [0.2, 0.25) is 0 Å². The van der Waals surface area contributed by atoms with Gasteiger partial charge < -0.3 is 5.73 Å². The Hall–Kier alpha value is -0.980. The quantitative estimate of drug-likeness (QED) is 0.722. The first-order valence-electron chi connectivity index (χ1n) is 5.38. The molecule has 0 amide bonds. The van der Waals surface area contributed by atoms with Crippen LogP contribution in [0.1, 0.15) is 39.2 Å². The van der Waals surface area contributed by atoms with Gasteiger partial charge in [-0.05, 0) is 36.0 Å². The molecule has 78 valence electrons. The van der Waals surface area contributed by atoms with Gasteiger partial charge in [-0.25, -0.2) is 0 Å². The van der Waals surface area contributed by atoms with Crippen molar-refractivity contribution in [3.63, 3.8) is 0 Å². The summed E-state index contributed by atoms with van der Waals surface area (Å²) in [5.74, 6) is 0. The molecule has 0 aliphatic carbocycles. The predicted molar refractivity (Wildman–Crippen MR) is 63.2 cm³/mol. The highest BCUT2D eigenvalue weighted by atomic mass is 14.5. The zero-order valence-electron chi connectivity index (χ0n) is 9.51. The van der Waals surface area contributed by atoms with E-state index in [1.54, 1.807) is 0 Å². The molecule has 1 heteroatoms. The van der Waals surface area contributed by atoms with Crippen LogP contribution in [0.25, 0.3) is 0 Å². The molecule has 0 spiro atoms. The Kier molecular flexibility index (Phi) is 3.56. The summed E-state index contributed by atoms with van der Waals surface area (Å²) in [6, 6.07) is 8.22. The Morgan fingerprint density at radius 3 is 2.57 bits per heavy atom. The van der Waals surface area contributed by atoms with E-state index in [1.807, 2.05) is 12.1 Å². The molecule has 2 N–H and O–H groups in total. The van der Waals surface area contributed by atoms with E-state index in [0.29, 0.717) is 5.41 Å². The van der Waals surface area contributed by atoms with E-state index >= 15 is 0 Å². The maximum atomic E-state index is 5.75. The average Bonchev–Trinajstić information content (AvgIpc) is 2.02. The van der Waals surface area contributed by atoms with Gasteiger partial charge in [-0.3, -0.25) is 0 Å². The zero-order chi connectivity index (χ0) is 10.6. The Morgan fingerprint density at radius 2 is 2.00 bits per heavy atom. The molecule has 1 aromatic rings. The fourth-order valence-electron chi connectivity index (χ4n) is 2.02. The minimum atomic E-state index is 0.391. The van der Waals surface area contributed by atoms with E-state index in [2.05, 4.69) is 32.9 Å². The van der Waals surface area contributed by atoms with Gasteiger partial charge >= 0.3 is 0 Å². The van der Waals surface area contributed by atoms with Crippen LogP contribution in [-0.4, -0.2) is 0 Å². The smallest absolute Gasteiger partial charge is 0.0316 e. The van der Waals surface area contributed by atoms with Crippen molar-refractivity contribution in [3.8, 4) is 0 Å². The third-order valence-electron chi connectivity index (χ3n) is 2.56. The van der Waals surface area contributed by atoms with Crippen LogP contribution >= 0.6 is 0 Å². The van der Waals surface area contributed by atoms with Gasteiger partial charge in [0.05, 0.1) is 0 Å². The lowest BCUT2D eigenvalue weighted by molar-refractivity contribution is 0.329. The lowest BCUT2D eigenvalue weighted by Crippen LogP contribution is -2.14. The van der Waals surface area contributed by atoms with E-state index in [4.69, 9.17) is 5.73 Å². The van der Waals surface area contributed by atoms with Crippen molar-refractivity contribution in [3.05, 3.63) is 29.8 Å². The van der Waals surface area contributed by atoms with Crippen molar-refractivity contribution in [1.82, 2.24) is 0 Å². The zero-order valence-corrected chi connectivity index (χ0v) is 9.51. The van der Waals surface area contributed by atoms with E-state index in [1.165, 1.54) is 18.4 Å². The summed E-state index contributed by atoms with van der Waals surface area (Å²) in [6.45, 7) is 6.88. The molecule has 0 radical (unpaired) electrons.